The van der Waals surface area contributed by atoms with Crippen LogP contribution >= 0.6 is 12.4 Å². The summed E-state index contributed by atoms with van der Waals surface area (Å²) < 4.78 is 0. The molecule has 0 radical (unpaired) electrons. The molecule has 4 heteroatoms. The maximum absolute atomic E-state index is 12.1. The van der Waals surface area contributed by atoms with E-state index in [0.29, 0.717) is 5.92 Å². The van der Waals surface area contributed by atoms with Crippen LogP contribution in [-0.2, 0) is 4.79 Å². The maximum atomic E-state index is 12.1. The normalized spacial score (nSPS) is 27.7. The maximum Gasteiger partial charge on any atom is 0.220 e. The van der Waals surface area contributed by atoms with Gasteiger partial charge in [-0.25, -0.2) is 0 Å². The van der Waals surface area contributed by atoms with Crippen LogP contribution in [0.15, 0.2) is 0 Å². The Morgan fingerprint density at radius 1 is 1.09 bits per heavy atom. The Labute approximate surface area is 142 Å². The van der Waals surface area contributed by atoms with Crippen LogP contribution in [0.3, 0.4) is 0 Å². The van der Waals surface area contributed by atoms with Crippen LogP contribution in [0.4, 0.5) is 0 Å². The van der Waals surface area contributed by atoms with Gasteiger partial charge in [0.1, 0.15) is 0 Å². The van der Waals surface area contributed by atoms with Crippen molar-refractivity contribution in [1.29, 1.82) is 0 Å². The van der Waals surface area contributed by atoms with Crippen LogP contribution in [0.1, 0.15) is 65.2 Å². The van der Waals surface area contributed by atoms with E-state index in [1.807, 2.05) is 0 Å². The van der Waals surface area contributed by atoms with Gasteiger partial charge in [-0.1, -0.05) is 33.1 Å². The number of piperidine rings is 1. The van der Waals surface area contributed by atoms with Gasteiger partial charge in [0.05, 0.1) is 0 Å². The molecule has 0 spiro atoms. The minimum Gasteiger partial charge on any atom is -0.356 e. The van der Waals surface area contributed by atoms with Gasteiger partial charge in [-0.2, -0.15) is 0 Å². The zero-order valence-corrected chi connectivity index (χ0v) is 15.2. The van der Waals surface area contributed by atoms with Crippen LogP contribution in [0, 0.1) is 23.7 Å². The number of rotatable bonds is 6. The molecule has 2 aliphatic rings. The molecule has 1 atom stereocenters. The summed E-state index contributed by atoms with van der Waals surface area (Å²) in [6.07, 6.45) is 9.85. The number of hydrogen-bond acceptors (Lipinski definition) is 2. The van der Waals surface area contributed by atoms with Crippen LogP contribution in [0.5, 0.6) is 0 Å². The number of amides is 1. The summed E-state index contributed by atoms with van der Waals surface area (Å²) in [5.74, 6) is 3.21. The van der Waals surface area contributed by atoms with Gasteiger partial charge in [-0.15, -0.1) is 12.4 Å². The fourth-order valence-electron chi connectivity index (χ4n) is 4.05. The van der Waals surface area contributed by atoms with Crippen molar-refractivity contribution in [2.45, 2.75) is 65.2 Å². The van der Waals surface area contributed by atoms with Gasteiger partial charge >= 0.3 is 0 Å². The molecule has 1 aliphatic carbocycles. The van der Waals surface area contributed by atoms with Gasteiger partial charge in [-0.05, 0) is 62.4 Å². The largest absolute Gasteiger partial charge is 0.356 e. The Morgan fingerprint density at radius 3 is 2.27 bits per heavy atom. The predicted molar refractivity (Wildman–Crippen MR) is 95.4 cm³/mol. The molecule has 1 saturated carbocycles. The van der Waals surface area contributed by atoms with E-state index in [1.165, 1.54) is 44.9 Å². The van der Waals surface area contributed by atoms with E-state index in [-0.39, 0.29) is 18.3 Å². The average molecular weight is 331 g/mol. The fourth-order valence-corrected chi connectivity index (χ4v) is 4.05. The van der Waals surface area contributed by atoms with E-state index >= 15 is 0 Å². The smallest absolute Gasteiger partial charge is 0.220 e. The second-order valence-corrected chi connectivity index (χ2v) is 7.37. The lowest BCUT2D eigenvalue weighted by Crippen LogP contribution is -2.35. The topological polar surface area (TPSA) is 41.1 Å². The zero-order valence-electron chi connectivity index (χ0n) is 14.4. The zero-order chi connectivity index (χ0) is 15.1. The van der Waals surface area contributed by atoms with Crippen molar-refractivity contribution in [3.05, 3.63) is 0 Å². The molecule has 130 valence electrons. The van der Waals surface area contributed by atoms with Gasteiger partial charge < -0.3 is 10.6 Å². The molecule has 2 rings (SSSR count). The van der Waals surface area contributed by atoms with E-state index in [1.54, 1.807) is 0 Å². The first-order valence-electron chi connectivity index (χ1n) is 9.16. The van der Waals surface area contributed by atoms with E-state index in [0.717, 1.165) is 43.8 Å². The van der Waals surface area contributed by atoms with Crippen LogP contribution < -0.4 is 10.6 Å². The Hall–Kier alpha value is -0.280. The number of nitrogens with one attached hydrogen (secondary N) is 2. The molecule has 1 unspecified atom stereocenters. The summed E-state index contributed by atoms with van der Waals surface area (Å²) >= 11 is 0. The third-order valence-corrected chi connectivity index (χ3v) is 5.83. The van der Waals surface area contributed by atoms with Crippen LogP contribution in [0.2, 0.25) is 0 Å². The highest BCUT2D eigenvalue weighted by Gasteiger charge is 2.23. The molecule has 1 aliphatic heterocycles. The molecule has 1 saturated heterocycles. The Morgan fingerprint density at radius 2 is 1.68 bits per heavy atom. The summed E-state index contributed by atoms with van der Waals surface area (Å²) in [7, 11) is 0. The van der Waals surface area contributed by atoms with Crippen molar-refractivity contribution in [2.24, 2.45) is 23.7 Å². The van der Waals surface area contributed by atoms with Crippen molar-refractivity contribution in [3.8, 4) is 0 Å². The summed E-state index contributed by atoms with van der Waals surface area (Å²) in [6, 6.07) is 0. The van der Waals surface area contributed by atoms with Crippen LogP contribution in [0.25, 0.3) is 0 Å². The predicted octanol–water partition coefficient (Wildman–Crippen LogP) is 3.77. The summed E-state index contributed by atoms with van der Waals surface area (Å²) in [6.45, 7) is 7.71. The molecule has 22 heavy (non-hydrogen) atoms. The van der Waals surface area contributed by atoms with E-state index < -0.39 is 0 Å². The molecule has 0 aromatic heterocycles. The molecule has 0 bridgehead atoms. The third-order valence-electron chi connectivity index (χ3n) is 5.83. The van der Waals surface area contributed by atoms with E-state index in [9.17, 15) is 4.79 Å². The molecule has 1 amide bonds. The second kappa shape index (κ2) is 10.5. The SMILES string of the molecule is CCC1CCC(CNC(=O)CC(C)C2CCNCC2)CC1.Cl. The van der Waals surface area contributed by atoms with Crippen molar-refractivity contribution >= 4 is 18.3 Å². The molecule has 0 aromatic carbocycles. The molecule has 2 fully saturated rings. The summed E-state index contributed by atoms with van der Waals surface area (Å²) in [4.78, 5) is 12.1. The van der Waals surface area contributed by atoms with Crippen molar-refractivity contribution in [1.82, 2.24) is 10.6 Å². The molecule has 3 nitrogen and oxygen atoms in total. The summed E-state index contributed by atoms with van der Waals surface area (Å²) in [5, 5.41) is 6.60. The van der Waals surface area contributed by atoms with Gasteiger partial charge in [0.2, 0.25) is 5.91 Å². The Balaban J connectivity index is 0.00000242. The first-order chi connectivity index (χ1) is 10.2. The minimum absolute atomic E-state index is 0. The van der Waals surface area contributed by atoms with Crippen molar-refractivity contribution in [3.63, 3.8) is 0 Å². The van der Waals surface area contributed by atoms with Crippen LogP contribution in [-0.4, -0.2) is 25.5 Å². The monoisotopic (exact) mass is 330 g/mol. The standard InChI is InChI=1S/C18H34N2O.ClH/c1-3-15-4-6-16(7-5-15)13-20-18(21)12-14(2)17-8-10-19-11-9-17;/h14-17,19H,3-13H2,1-2H3,(H,20,21);1H. The first kappa shape index (κ1) is 19.8. The van der Waals surface area contributed by atoms with Gasteiger partial charge in [0.15, 0.2) is 0 Å². The highest BCUT2D eigenvalue weighted by Crippen LogP contribution is 2.30. The number of carbonyl (C=O) groups is 1. The molecule has 0 aromatic rings. The third kappa shape index (κ3) is 6.45. The molecular formula is C18H35ClN2O. The highest BCUT2D eigenvalue weighted by atomic mass is 35.5. The number of carbonyl (C=O) groups excluding carboxylic acids is 1. The average Bonchev–Trinajstić information content (AvgIpc) is 2.54. The van der Waals surface area contributed by atoms with Crippen molar-refractivity contribution < 1.29 is 4.79 Å². The quantitative estimate of drug-likeness (QED) is 0.778. The second-order valence-electron chi connectivity index (χ2n) is 7.37. The lowest BCUT2D eigenvalue weighted by Gasteiger charge is -2.29. The number of hydrogen-bond donors (Lipinski definition) is 2. The first-order valence-corrected chi connectivity index (χ1v) is 9.16. The van der Waals surface area contributed by atoms with Gasteiger partial charge in [0.25, 0.3) is 0 Å². The Bertz CT molecular complexity index is 310. The Kier molecular flexibility index (Phi) is 9.42. The van der Waals surface area contributed by atoms with E-state index in [4.69, 9.17) is 0 Å². The number of halogens is 1. The molecule has 2 N–H and O–H groups in total. The summed E-state index contributed by atoms with van der Waals surface area (Å²) in [5.41, 5.74) is 0. The van der Waals surface area contributed by atoms with Gasteiger partial charge in [-0.3, -0.25) is 4.79 Å². The lowest BCUT2D eigenvalue weighted by atomic mass is 9.81. The van der Waals surface area contributed by atoms with Crippen molar-refractivity contribution in [2.75, 3.05) is 19.6 Å². The lowest BCUT2D eigenvalue weighted by molar-refractivity contribution is -0.122. The highest BCUT2D eigenvalue weighted by molar-refractivity contribution is 5.85. The molecular weight excluding hydrogens is 296 g/mol. The van der Waals surface area contributed by atoms with Gasteiger partial charge in [0, 0.05) is 13.0 Å². The minimum atomic E-state index is 0. The fraction of sp³-hybridized carbons (Fsp3) is 0.944. The molecule has 1 heterocycles. The van der Waals surface area contributed by atoms with E-state index in [2.05, 4.69) is 24.5 Å².